The van der Waals surface area contributed by atoms with Crippen LogP contribution in [0.1, 0.15) is 12.5 Å². The summed E-state index contributed by atoms with van der Waals surface area (Å²) in [5.74, 6) is -0.434. The summed E-state index contributed by atoms with van der Waals surface area (Å²) in [5.41, 5.74) is 1.51. The highest BCUT2D eigenvalue weighted by molar-refractivity contribution is 6.30. The van der Waals surface area contributed by atoms with E-state index in [1.54, 1.807) is 42.7 Å². The Hall–Kier alpha value is -2.40. The summed E-state index contributed by atoms with van der Waals surface area (Å²) in [7, 11) is 0. The summed E-state index contributed by atoms with van der Waals surface area (Å²) >= 11 is 5.79. The molecule has 0 aliphatic carbocycles. The molecule has 0 aliphatic heterocycles. The van der Waals surface area contributed by atoms with Gasteiger partial charge < -0.3 is 10.2 Å². The van der Waals surface area contributed by atoms with Gasteiger partial charge in [0.05, 0.1) is 0 Å². The van der Waals surface area contributed by atoms with Gasteiger partial charge in [0, 0.05) is 36.6 Å². The molecule has 0 fully saturated rings. The maximum atomic E-state index is 12.0. The Morgan fingerprint density at radius 2 is 1.95 bits per heavy atom. The molecule has 0 atom stereocenters. The Morgan fingerprint density at radius 1 is 1.23 bits per heavy atom. The van der Waals surface area contributed by atoms with Crippen molar-refractivity contribution in [3.8, 4) is 0 Å². The topological polar surface area (TPSA) is 62.3 Å². The number of nitrogens with zero attached hydrogens (tertiary/aromatic N) is 2. The molecule has 6 heteroatoms. The van der Waals surface area contributed by atoms with E-state index in [0.717, 1.165) is 5.56 Å². The van der Waals surface area contributed by atoms with Gasteiger partial charge >= 0.3 is 0 Å². The molecule has 2 aromatic rings. The van der Waals surface area contributed by atoms with E-state index in [-0.39, 0.29) is 18.4 Å². The van der Waals surface area contributed by atoms with E-state index in [9.17, 15) is 9.59 Å². The second-order valence-corrected chi connectivity index (χ2v) is 5.23. The van der Waals surface area contributed by atoms with Crippen LogP contribution in [-0.4, -0.2) is 28.2 Å². The average Bonchev–Trinajstić information content (AvgIpc) is 2.50. The average molecular weight is 318 g/mol. The molecule has 0 spiro atoms. The highest BCUT2D eigenvalue weighted by Gasteiger charge is 2.14. The molecule has 5 nitrogen and oxygen atoms in total. The lowest BCUT2D eigenvalue weighted by molar-refractivity contribution is -0.133. The summed E-state index contributed by atoms with van der Waals surface area (Å²) < 4.78 is 0. The van der Waals surface area contributed by atoms with Crippen molar-refractivity contribution in [2.24, 2.45) is 0 Å². The molecule has 0 saturated carbocycles. The summed E-state index contributed by atoms with van der Waals surface area (Å²) in [6, 6.07) is 10.4. The quantitative estimate of drug-likeness (QED) is 0.922. The number of aromatic nitrogens is 1. The van der Waals surface area contributed by atoms with Crippen LogP contribution >= 0.6 is 11.6 Å². The lowest BCUT2D eigenvalue weighted by Crippen LogP contribution is -2.36. The third-order valence-corrected chi connectivity index (χ3v) is 3.26. The van der Waals surface area contributed by atoms with Crippen molar-refractivity contribution in [3.05, 3.63) is 59.4 Å². The molecule has 0 bridgehead atoms. The second-order valence-electron chi connectivity index (χ2n) is 4.79. The van der Waals surface area contributed by atoms with Crippen molar-refractivity contribution in [3.63, 3.8) is 0 Å². The minimum Gasteiger partial charge on any atom is -0.329 e. The molecule has 1 aromatic carbocycles. The minimum absolute atomic E-state index is 0.0210. The molecule has 1 N–H and O–H groups in total. The van der Waals surface area contributed by atoms with E-state index in [0.29, 0.717) is 17.3 Å². The highest BCUT2D eigenvalue weighted by atomic mass is 35.5. The molecule has 2 amide bonds. The number of hydrogen-bond donors (Lipinski definition) is 1. The Morgan fingerprint density at radius 3 is 2.55 bits per heavy atom. The van der Waals surface area contributed by atoms with Gasteiger partial charge in [-0.1, -0.05) is 17.7 Å². The van der Waals surface area contributed by atoms with Gasteiger partial charge in [-0.2, -0.15) is 0 Å². The van der Waals surface area contributed by atoms with E-state index < -0.39 is 0 Å². The SMILES string of the molecule is CC(=O)N(CC(=O)Nc1ccc(Cl)cc1)Cc1cccnc1. The number of rotatable bonds is 5. The maximum absolute atomic E-state index is 12.0. The van der Waals surface area contributed by atoms with Gasteiger partial charge in [0.1, 0.15) is 6.54 Å². The monoisotopic (exact) mass is 317 g/mol. The van der Waals surface area contributed by atoms with Gasteiger partial charge in [0.15, 0.2) is 0 Å². The summed E-state index contributed by atoms with van der Waals surface area (Å²) in [6.07, 6.45) is 3.34. The van der Waals surface area contributed by atoms with Crippen molar-refractivity contribution in [1.29, 1.82) is 0 Å². The number of carbonyl (C=O) groups is 2. The molecular weight excluding hydrogens is 302 g/mol. The van der Waals surface area contributed by atoms with Crippen LogP contribution in [0, 0.1) is 0 Å². The largest absolute Gasteiger partial charge is 0.329 e. The molecule has 0 saturated heterocycles. The fourth-order valence-corrected chi connectivity index (χ4v) is 2.02. The summed E-state index contributed by atoms with van der Waals surface area (Å²) in [6.45, 7) is 1.76. The van der Waals surface area contributed by atoms with Crippen molar-refractivity contribution >= 4 is 29.1 Å². The van der Waals surface area contributed by atoms with Gasteiger partial charge in [-0.05, 0) is 35.9 Å². The zero-order chi connectivity index (χ0) is 15.9. The number of benzene rings is 1. The summed E-state index contributed by atoms with van der Waals surface area (Å²) in [4.78, 5) is 29.2. The minimum atomic E-state index is -0.263. The van der Waals surface area contributed by atoms with Crippen molar-refractivity contribution < 1.29 is 9.59 Å². The van der Waals surface area contributed by atoms with E-state index in [2.05, 4.69) is 10.3 Å². The van der Waals surface area contributed by atoms with Crippen LogP contribution in [0.4, 0.5) is 5.69 Å². The van der Waals surface area contributed by atoms with Gasteiger partial charge in [-0.25, -0.2) is 0 Å². The number of pyridine rings is 1. The zero-order valence-electron chi connectivity index (χ0n) is 12.1. The van der Waals surface area contributed by atoms with Gasteiger partial charge in [-0.15, -0.1) is 0 Å². The van der Waals surface area contributed by atoms with E-state index in [4.69, 9.17) is 11.6 Å². The Balaban J connectivity index is 1.97. The van der Waals surface area contributed by atoms with Gasteiger partial charge in [0.2, 0.25) is 11.8 Å². The first-order valence-corrected chi connectivity index (χ1v) is 7.12. The predicted molar refractivity (Wildman–Crippen MR) is 85.4 cm³/mol. The zero-order valence-corrected chi connectivity index (χ0v) is 12.9. The molecule has 1 aromatic heterocycles. The summed E-state index contributed by atoms with van der Waals surface area (Å²) in [5, 5.41) is 3.33. The fourth-order valence-electron chi connectivity index (χ4n) is 1.90. The van der Waals surface area contributed by atoms with E-state index in [1.807, 2.05) is 6.07 Å². The molecule has 114 valence electrons. The normalized spacial score (nSPS) is 10.1. The van der Waals surface area contributed by atoms with Crippen LogP contribution in [0.25, 0.3) is 0 Å². The molecule has 2 rings (SSSR count). The third-order valence-electron chi connectivity index (χ3n) is 3.00. The number of nitrogens with one attached hydrogen (secondary N) is 1. The maximum Gasteiger partial charge on any atom is 0.244 e. The Labute approximate surface area is 133 Å². The molecule has 0 aliphatic rings. The van der Waals surface area contributed by atoms with Crippen LogP contribution in [0.2, 0.25) is 5.02 Å². The van der Waals surface area contributed by atoms with Crippen molar-refractivity contribution in [1.82, 2.24) is 9.88 Å². The lowest BCUT2D eigenvalue weighted by Gasteiger charge is -2.20. The molecular formula is C16H16ClN3O2. The number of carbonyl (C=O) groups excluding carboxylic acids is 2. The standard InChI is InChI=1S/C16H16ClN3O2/c1-12(21)20(10-13-3-2-8-18-9-13)11-16(22)19-15-6-4-14(17)5-7-15/h2-9H,10-11H2,1H3,(H,19,22). The third kappa shape index (κ3) is 4.86. The fraction of sp³-hybridized carbons (Fsp3) is 0.188. The smallest absolute Gasteiger partial charge is 0.244 e. The van der Waals surface area contributed by atoms with Crippen LogP contribution in [0.15, 0.2) is 48.8 Å². The highest BCUT2D eigenvalue weighted by Crippen LogP contribution is 2.13. The first kappa shape index (κ1) is 16.0. The molecule has 0 unspecified atom stereocenters. The number of amides is 2. The van der Waals surface area contributed by atoms with Gasteiger partial charge in [-0.3, -0.25) is 14.6 Å². The second kappa shape index (κ2) is 7.56. The van der Waals surface area contributed by atoms with Crippen LogP contribution in [-0.2, 0) is 16.1 Å². The molecule has 1 heterocycles. The predicted octanol–water partition coefficient (Wildman–Crippen LogP) is 2.72. The Bertz CT molecular complexity index is 644. The van der Waals surface area contributed by atoms with Crippen molar-refractivity contribution in [2.75, 3.05) is 11.9 Å². The number of halogens is 1. The first-order valence-electron chi connectivity index (χ1n) is 6.74. The number of hydrogen-bond acceptors (Lipinski definition) is 3. The lowest BCUT2D eigenvalue weighted by atomic mass is 10.2. The van der Waals surface area contributed by atoms with Gasteiger partial charge in [0.25, 0.3) is 0 Å². The molecule has 0 radical (unpaired) electrons. The molecule has 22 heavy (non-hydrogen) atoms. The van der Waals surface area contributed by atoms with Crippen molar-refractivity contribution in [2.45, 2.75) is 13.5 Å². The first-order chi connectivity index (χ1) is 10.5. The van der Waals surface area contributed by atoms with Crippen LogP contribution in [0.5, 0.6) is 0 Å². The van der Waals surface area contributed by atoms with Crippen LogP contribution in [0.3, 0.4) is 0 Å². The van der Waals surface area contributed by atoms with E-state index in [1.165, 1.54) is 11.8 Å². The van der Waals surface area contributed by atoms with Crippen LogP contribution < -0.4 is 5.32 Å². The van der Waals surface area contributed by atoms with E-state index >= 15 is 0 Å². The Kier molecular flexibility index (Phi) is 5.49. The number of anilines is 1.